The van der Waals surface area contributed by atoms with Crippen LogP contribution < -0.4 is 5.32 Å². The van der Waals surface area contributed by atoms with E-state index < -0.39 is 0 Å². The fourth-order valence-corrected chi connectivity index (χ4v) is 2.10. The topological polar surface area (TPSA) is 46.2 Å². The number of amides is 1. The SMILES string of the molecule is O=C1CC(=O)c2c(ccc3ccccc23)N1. The molecular formula is C13H9NO2. The Bertz CT molecular complexity index is 616. The van der Waals surface area contributed by atoms with Crippen molar-refractivity contribution < 1.29 is 9.59 Å². The minimum absolute atomic E-state index is 0.0546. The van der Waals surface area contributed by atoms with Crippen molar-refractivity contribution in [2.75, 3.05) is 5.32 Å². The number of fused-ring (bicyclic) bond motifs is 3. The number of rotatable bonds is 0. The maximum absolute atomic E-state index is 11.8. The van der Waals surface area contributed by atoms with Gasteiger partial charge < -0.3 is 5.32 Å². The fourth-order valence-electron chi connectivity index (χ4n) is 2.10. The molecule has 0 saturated heterocycles. The monoisotopic (exact) mass is 211 g/mol. The number of ketones is 1. The summed E-state index contributed by atoms with van der Waals surface area (Å²) in [4.78, 5) is 23.1. The molecule has 0 fully saturated rings. The summed E-state index contributed by atoms with van der Waals surface area (Å²) in [6, 6.07) is 11.4. The summed E-state index contributed by atoms with van der Waals surface area (Å²) in [5.41, 5.74) is 1.26. The van der Waals surface area contributed by atoms with Crippen LogP contribution in [-0.2, 0) is 4.79 Å². The van der Waals surface area contributed by atoms with E-state index in [4.69, 9.17) is 0 Å². The number of benzene rings is 2. The number of hydrogen-bond donors (Lipinski definition) is 1. The molecule has 1 amide bonds. The number of carbonyl (C=O) groups is 2. The first-order valence-electron chi connectivity index (χ1n) is 5.10. The van der Waals surface area contributed by atoms with E-state index in [2.05, 4.69) is 5.32 Å². The number of nitrogens with one attached hydrogen (secondary N) is 1. The molecule has 3 rings (SSSR count). The van der Waals surface area contributed by atoms with Crippen molar-refractivity contribution in [3.8, 4) is 0 Å². The van der Waals surface area contributed by atoms with Crippen LogP contribution in [-0.4, -0.2) is 11.7 Å². The molecule has 1 aliphatic rings. The Balaban J connectivity index is 2.38. The van der Waals surface area contributed by atoms with Crippen molar-refractivity contribution in [3.63, 3.8) is 0 Å². The Morgan fingerprint density at radius 3 is 2.69 bits per heavy atom. The maximum atomic E-state index is 11.8. The second-order valence-corrected chi connectivity index (χ2v) is 3.86. The van der Waals surface area contributed by atoms with E-state index in [1.807, 2.05) is 30.3 Å². The van der Waals surface area contributed by atoms with Gasteiger partial charge in [0.25, 0.3) is 0 Å². The van der Waals surface area contributed by atoms with E-state index in [1.54, 1.807) is 6.07 Å². The van der Waals surface area contributed by atoms with E-state index >= 15 is 0 Å². The van der Waals surface area contributed by atoms with Gasteiger partial charge in [0.15, 0.2) is 5.78 Å². The quantitative estimate of drug-likeness (QED) is 0.680. The van der Waals surface area contributed by atoms with E-state index in [9.17, 15) is 9.59 Å². The average molecular weight is 211 g/mol. The van der Waals surface area contributed by atoms with Crippen molar-refractivity contribution in [3.05, 3.63) is 42.0 Å². The van der Waals surface area contributed by atoms with Gasteiger partial charge in [-0.05, 0) is 16.8 Å². The van der Waals surface area contributed by atoms with Gasteiger partial charge in [0.1, 0.15) is 0 Å². The van der Waals surface area contributed by atoms with E-state index in [0.29, 0.717) is 11.3 Å². The van der Waals surface area contributed by atoms with Gasteiger partial charge in [-0.25, -0.2) is 0 Å². The molecule has 0 saturated carbocycles. The molecule has 1 aliphatic heterocycles. The smallest absolute Gasteiger partial charge is 0.232 e. The van der Waals surface area contributed by atoms with Crippen LogP contribution in [0.3, 0.4) is 0 Å². The van der Waals surface area contributed by atoms with Crippen LogP contribution in [0, 0.1) is 0 Å². The highest BCUT2D eigenvalue weighted by Crippen LogP contribution is 2.30. The Morgan fingerprint density at radius 1 is 1.00 bits per heavy atom. The van der Waals surface area contributed by atoms with Crippen LogP contribution in [0.15, 0.2) is 36.4 Å². The van der Waals surface area contributed by atoms with Gasteiger partial charge in [-0.1, -0.05) is 30.3 Å². The number of anilines is 1. The minimum atomic E-state index is -0.229. The lowest BCUT2D eigenvalue weighted by Crippen LogP contribution is -2.24. The van der Waals surface area contributed by atoms with Crippen LogP contribution in [0.2, 0.25) is 0 Å². The first-order chi connectivity index (χ1) is 7.75. The lowest BCUT2D eigenvalue weighted by atomic mass is 9.95. The molecule has 0 aliphatic carbocycles. The highest BCUT2D eigenvalue weighted by Gasteiger charge is 2.24. The second kappa shape index (κ2) is 3.17. The van der Waals surface area contributed by atoms with Crippen LogP contribution in [0.5, 0.6) is 0 Å². The van der Waals surface area contributed by atoms with Crippen LogP contribution in [0.25, 0.3) is 10.8 Å². The molecule has 3 nitrogen and oxygen atoms in total. The van der Waals surface area contributed by atoms with Crippen LogP contribution >= 0.6 is 0 Å². The van der Waals surface area contributed by atoms with Crippen LogP contribution in [0.1, 0.15) is 16.8 Å². The fraction of sp³-hybridized carbons (Fsp3) is 0.0769. The summed E-state index contributed by atoms with van der Waals surface area (Å²) in [5.74, 6) is -0.330. The summed E-state index contributed by atoms with van der Waals surface area (Å²) < 4.78 is 0. The lowest BCUT2D eigenvalue weighted by Gasteiger charge is -2.17. The zero-order chi connectivity index (χ0) is 11.1. The molecule has 3 heteroatoms. The van der Waals surface area contributed by atoms with Gasteiger partial charge in [-0.2, -0.15) is 0 Å². The lowest BCUT2D eigenvalue weighted by molar-refractivity contribution is -0.115. The Hall–Kier alpha value is -2.16. The van der Waals surface area contributed by atoms with Gasteiger partial charge in [0.2, 0.25) is 5.91 Å². The second-order valence-electron chi connectivity index (χ2n) is 3.86. The zero-order valence-corrected chi connectivity index (χ0v) is 8.49. The third kappa shape index (κ3) is 1.21. The van der Waals surface area contributed by atoms with Gasteiger partial charge in [-0.3, -0.25) is 9.59 Å². The van der Waals surface area contributed by atoms with Gasteiger partial charge in [0, 0.05) is 5.56 Å². The van der Waals surface area contributed by atoms with Crippen molar-refractivity contribution in [1.29, 1.82) is 0 Å². The third-order valence-electron chi connectivity index (χ3n) is 2.80. The van der Waals surface area contributed by atoms with Gasteiger partial charge in [-0.15, -0.1) is 0 Å². The molecule has 1 heterocycles. The molecule has 2 aromatic carbocycles. The average Bonchev–Trinajstić information content (AvgIpc) is 2.28. The predicted molar refractivity (Wildman–Crippen MR) is 61.5 cm³/mol. The van der Waals surface area contributed by atoms with Crippen molar-refractivity contribution in [2.24, 2.45) is 0 Å². The molecule has 2 aromatic rings. The molecule has 0 bridgehead atoms. The molecule has 0 unspecified atom stereocenters. The van der Waals surface area contributed by atoms with Gasteiger partial charge >= 0.3 is 0 Å². The summed E-state index contributed by atoms with van der Waals surface area (Å²) in [7, 11) is 0. The molecule has 1 N–H and O–H groups in total. The first kappa shape index (κ1) is 9.09. The summed E-state index contributed by atoms with van der Waals surface area (Å²) in [6.45, 7) is 0. The van der Waals surface area contributed by atoms with E-state index in [0.717, 1.165) is 10.8 Å². The minimum Gasteiger partial charge on any atom is -0.325 e. The van der Waals surface area contributed by atoms with Crippen molar-refractivity contribution >= 4 is 28.2 Å². The zero-order valence-electron chi connectivity index (χ0n) is 8.49. The summed E-state index contributed by atoms with van der Waals surface area (Å²) in [6.07, 6.45) is -0.0546. The third-order valence-corrected chi connectivity index (χ3v) is 2.80. The number of carbonyl (C=O) groups excluding carboxylic acids is 2. The highest BCUT2D eigenvalue weighted by atomic mass is 16.2. The predicted octanol–water partition coefficient (Wildman–Crippen LogP) is 2.36. The standard InChI is InChI=1S/C13H9NO2/c15-11-7-12(16)14-10-6-5-8-3-1-2-4-9(8)13(10)11/h1-6H,7H2,(H,14,16). The Morgan fingerprint density at radius 2 is 1.81 bits per heavy atom. The molecule has 0 atom stereocenters. The van der Waals surface area contributed by atoms with E-state index in [-0.39, 0.29) is 18.1 Å². The summed E-state index contributed by atoms with van der Waals surface area (Å²) in [5, 5.41) is 4.65. The maximum Gasteiger partial charge on any atom is 0.232 e. The molecular weight excluding hydrogens is 202 g/mol. The van der Waals surface area contributed by atoms with Crippen LogP contribution in [0.4, 0.5) is 5.69 Å². The van der Waals surface area contributed by atoms with Gasteiger partial charge in [0.05, 0.1) is 12.1 Å². The largest absolute Gasteiger partial charge is 0.325 e. The number of Topliss-reactive ketones (excluding diaryl/α,β-unsaturated/α-hetero) is 1. The van der Waals surface area contributed by atoms with Crippen molar-refractivity contribution in [2.45, 2.75) is 6.42 Å². The van der Waals surface area contributed by atoms with E-state index in [1.165, 1.54) is 0 Å². The number of hydrogen-bond acceptors (Lipinski definition) is 2. The Labute approximate surface area is 92.1 Å². The molecule has 16 heavy (non-hydrogen) atoms. The molecule has 0 aromatic heterocycles. The first-order valence-corrected chi connectivity index (χ1v) is 5.10. The highest BCUT2D eigenvalue weighted by molar-refractivity contribution is 6.24. The molecule has 78 valence electrons. The Kier molecular flexibility index (Phi) is 1.80. The molecule has 0 spiro atoms. The normalized spacial score (nSPS) is 14.8. The molecule has 0 radical (unpaired) electrons. The summed E-state index contributed by atoms with van der Waals surface area (Å²) >= 11 is 0. The van der Waals surface area contributed by atoms with Crippen molar-refractivity contribution in [1.82, 2.24) is 0 Å².